The standard InChI is InChI=1S/C17H22N4O2/c1-11-6-4-7-12(2)16(11)23-10-15(22)18-13(3)17-20-19-14-8-5-9-21(14)17/h4,6-7,13H,5,8-10H2,1-3H3,(H,18,22)/t13-/m1/s1. The van der Waals surface area contributed by atoms with E-state index in [0.717, 1.165) is 47.9 Å². The van der Waals surface area contributed by atoms with Gasteiger partial charge in [0.25, 0.3) is 5.91 Å². The van der Waals surface area contributed by atoms with E-state index < -0.39 is 0 Å². The van der Waals surface area contributed by atoms with Crippen molar-refractivity contribution in [2.45, 2.75) is 46.2 Å². The average Bonchev–Trinajstić information content (AvgIpc) is 3.09. The van der Waals surface area contributed by atoms with Crippen LogP contribution in [-0.2, 0) is 17.8 Å². The molecule has 0 saturated heterocycles. The average molecular weight is 314 g/mol. The third kappa shape index (κ3) is 3.21. The Morgan fingerprint density at radius 2 is 2.09 bits per heavy atom. The van der Waals surface area contributed by atoms with Crippen molar-refractivity contribution in [1.82, 2.24) is 20.1 Å². The summed E-state index contributed by atoms with van der Waals surface area (Å²) in [6.07, 6.45) is 2.05. The van der Waals surface area contributed by atoms with Gasteiger partial charge in [0, 0.05) is 13.0 Å². The minimum atomic E-state index is -0.177. The first-order valence-corrected chi connectivity index (χ1v) is 7.96. The molecule has 1 aliphatic heterocycles. The summed E-state index contributed by atoms with van der Waals surface area (Å²) in [4.78, 5) is 12.2. The van der Waals surface area contributed by atoms with E-state index in [1.807, 2.05) is 39.0 Å². The van der Waals surface area contributed by atoms with Gasteiger partial charge in [0.15, 0.2) is 12.4 Å². The minimum Gasteiger partial charge on any atom is -0.483 e. The van der Waals surface area contributed by atoms with Gasteiger partial charge < -0.3 is 14.6 Å². The lowest BCUT2D eigenvalue weighted by molar-refractivity contribution is -0.123. The van der Waals surface area contributed by atoms with Crippen molar-refractivity contribution in [2.24, 2.45) is 0 Å². The molecule has 1 amide bonds. The molecule has 122 valence electrons. The normalized spacial score (nSPS) is 14.4. The lowest BCUT2D eigenvalue weighted by atomic mass is 10.1. The van der Waals surface area contributed by atoms with E-state index in [2.05, 4.69) is 20.1 Å². The minimum absolute atomic E-state index is 0.00295. The van der Waals surface area contributed by atoms with Gasteiger partial charge in [-0.3, -0.25) is 4.79 Å². The molecule has 0 radical (unpaired) electrons. The van der Waals surface area contributed by atoms with Crippen molar-refractivity contribution in [3.63, 3.8) is 0 Å². The number of hydrogen-bond donors (Lipinski definition) is 1. The summed E-state index contributed by atoms with van der Waals surface area (Å²) in [7, 11) is 0. The predicted molar refractivity (Wildman–Crippen MR) is 86.3 cm³/mol. The lowest BCUT2D eigenvalue weighted by Crippen LogP contribution is -2.32. The van der Waals surface area contributed by atoms with Crippen molar-refractivity contribution >= 4 is 5.91 Å². The van der Waals surface area contributed by atoms with Gasteiger partial charge in [-0.1, -0.05) is 18.2 Å². The Morgan fingerprint density at radius 3 is 2.83 bits per heavy atom. The molecule has 0 spiro atoms. The number of nitrogens with zero attached hydrogens (tertiary/aromatic N) is 3. The maximum absolute atomic E-state index is 12.2. The molecule has 1 aromatic heterocycles. The molecule has 2 heterocycles. The van der Waals surface area contributed by atoms with E-state index >= 15 is 0 Å². The van der Waals surface area contributed by atoms with Crippen LogP contribution < -0.4 is 10.1 Å². The molecule has 1 atom stereocenters. The van der Waals surface area contributed by atoms with Gasteiger partial charge in [-0.05, 0) is 38.3 Å². The first-order valence-electron chi connectivity index (χ1n) is 7.96. The van der Waals surface area contributed by atoms with Crippen molar-refractivity contribution in [2.75, 3.05) is 6.61 Å². The molecule has 1 aromatic carbocycles. The number of amides is 1. The molecule has 1 N–H and O–H groups in total. The molecule has 23 heavy (non-hydrogen) atoms. The smallest absolute Gasteiger partial charge is 0.258 e. The Kier molecular flexibility index (Phi) is 4.32. The number of rotatable bonds is 5. The van der Waals surface area contributed by atoms with Crippen molar-refractivity contribution < 1.29 is 9.53 Å². The highest BCUT2D eigenvalue weighted by atomic mass is 16.5. The Balaban J connectivity index is 1.59. The van der Waals surface area contributed by atoms with Crippen LogP contribution in [0.25, 0.3) is 0 Å². The van der Waals surface area contributed by atoms with E-state index in [1.54, 1.807) is 0 Å². The molecule has 6 nitrogen and oxygen atoms in total. The predicted octanol–water partition coefficient (Wildman–Crippen LogP) is 2.10. The van der Waals surface area contributed by atoms with E-state index in [4.69, 9.17) is 4.74 Å². The van der Waals surface area contributed by atoms with Crippen LogP contribution in [0.5, 0.6) is 5.75 Å². The Labute approximate surface area is 135 Å². The molecule has 1 aliphatic rings. The number of aromatic nitrogens is 3. The fourth-order valence-corrected chi connectivity index (χ4v) is 3.01. The molecule has 3 rings (SSSR count). The van der Waals surface area contributed by atoms with Crippen LogP contribution in [0.2, 0.25) is 0 Å². The van der Waals surface area contributed by atoms with Crippen molar-refractivity contribution in [1.29, 1.82) is 0 Å². The summed E-state index contributed by atoms with van der Waals surface area (Å²) in [6, 6.07) is 5.75. The number of para-hydroxylation sites is 1. The highest BCUT2D eigenvalue weighted by Crippen LogP contribution is 2.22. The molecular weight excluding hydrogens is 292 g/mol. The Hall–Kier alpha value is -2.37. The fourth-order valence-electron chi connectivity index (χ4n) is 3.01. The largest absolute Gasteiger partial charge is 0.483 e. The maximum atomic E-state index is 12.2. The number of benzene rings is 1. The lowest BCUT2D eigenvalue weighted by Gasteiger charge is -2.15. The second-order valence-electron chi connectivity index (χ2n) is 6.03. The number of fused-ring (bicyclic) bond motifs is 1. The molecule has 0 aliphatic carbocycles. The zero-order valence-electron chi connectivity index (χ0n) is 13.8. The van der Waals surface area contributed by atoms with Gasteiger partial charge in [0.05, 0.1) is 6.04 Å². The second kappa shape index (κ2) is 6.40. The van der Waals surface area contributed by atoms with Gasteiger partial charge in [-0.15, -0.1) is 10.2 Å². The third-order valence-electron chi connectivity index (χ3n) is 4.16. The van der Waals surface area contributed by atoms with E-state index in [-0.39, 0.29) is 18.6 Å². The van der Waals surface area contributed by atoms with Crippen LogP contribution in [-0.4, -0.2) is 27.3 Å². The van der Waals surface area contributed by atoms with Gasteiger partial charge in [0.2, 0.25) is 0 Å². The van der Waals surface area contributed by atoms with Crippen molar-refractivity contribution in [3.8, 4) is 5.75 Å². The zero-order valence-corrected chi connectivity index (χ0v) is 13.8. The van der Waals surface area contributed by atoms with Crippen LogP contribution >= 0.6 is 0 Å². The first kappa shape index (κ1) is 15.5. The van der Waals surface area contributed by atoms with Gasteiger partial charge in [0.1, 0.15) is 11.6 Å². The van der Waals surface area contributed by atoms with Crippen LogP contribution in [0.15, 0.2) is 18.2 Å². The summed E-state index contributed by atoms with van der Waals surface area (Å²) < 4.78 is 7.78. The monoisotopic (exact) mass is 314 g/mol. The van der Waals surface area contributed by atoms with Crippen LogP contribution in [0.4, 0.5) is 0 Å². The molecule has 6 heteroatoms. The first-order chi connectivity index (χ1) is 11.1. The number of ether oxygens (including phenoxy) is 1. The third-order valence-corrected chi connectivity index (χ3v) is 4.16. The number of nitrogens with one attached hydrogen (secondary N) is 1. The SMILES string of the molecule is Cc1cccc(C)c1OCC(=O)N[C@H](C)c1nnc2n1CCC2. The summed E-state index contributed by atoms with van der Waals surface area (Å²) >= 11 is 0. The molecular formula is C17H22N4O2. The molecule has 2 aromatic rings. The van der Waals surface area contributed by atoms with E-state index in [0.29, 0.717) is 0 Å². The molecule has 0 fully saturated rings. The second-order valence-corrected chi connectivity index (χ2v) is 6.03. The topological polar surface area (TPSA) is 69.0 Å². The Morgan fingerprint density at radius 1 is 1.35 bits per heavy atom. The van der Waals surface area contributed by atoms with Crippen LogP contribution in [0, 0.1) is 13.8 Å². The molecule has 0 saturated carbocycles. The molecule has 0 bridgehead atoms. The summed E-state index contributed by atoms with van der Waals surface area (Å²) in [5, 5.41) is 11.3. The molecule has 0 unspecified atom stereocenters. The zero-order chi connectivity index (χ0) is 16.4. The number of aryl methyl sites for hydroxylation is 3. The van der Waals surface area contributed by atoms with Gasteiger partial charge >= 0.3 is 0 Å². The van der Waals surface area contributed by atoms with Crippen LogP contribution in [0.1, 0.15) is 42.2 Å². The quantitative estimate of drug-likeness (QED) is 0.917. The van der Waals surface area contributed by atoms with Crippen LogP contribution in [0.3, 0.4) is 0 Å². The fraction of sp³-hybridized carbons (Fsp3) is 0.471. The van der Waals surface area contributed by atoms with Gasteiger partial charge in [-0.25, -0.2) is 0 Å². The van der Waals surface area contributed by atoms with Gasteiger partial charge in [-0.2, -0.15) is 0 Å². The maximum Gasteiger partial charge on any atom is 0.258 e. The summed E-state index contributed by atoms with van der Waals surface area (Å²) in [5.74, 6) is 2.44. The van der Waals surface area contributed by atoms with E-state index in [9.17, 15) is 4.79 Å². The number of hydrogen-bond acceptors (Lipinski definition) is 4. The van der Waals surface area contributed by atoms with E-state index in [1.165, 1.54) is 0 Å². The highest BCUT2D eigenvalue weighted by Gasteiger charge is 2.22. The summed E-state index contributed by atoms with van der Waals surface area (Å²) in [5.41, 5.74) is 2.06. The highest BCUT2D eigenvalue weighted by molar-refractivity contribution is 5.78. The summed E-state index contributed by atoms with van der Waals surface area (Å²) in [6.45, 7) is 6.80. The van der Waals surface area contributed by atoms with Crippen molar-refractivity contribution in [3.05, 3.63) is 41.0 Å². The number of carbonyl (C=O) groups excluding carboxylic acids is 1. The Bertz CT molecular complexity index is 703. The number of carbonyl (C=O) groups is 1.